The van der Waals surface area contributed by atoms with E-state index in [1.165, 1.54) is 4.80 Å². The number of hydrogen-bond acceptors (Lipinski definition) is 5. The highest BCUT2D eigenvalue weighted by Crippen LogP contribution is 2.19. The van der Waals surface area contributed by atoms with Crippen LogP contribution in [0.5, 0.6) is 5.75 Å². The Morgan fingerprint density at radius 1 is 1.39 bits per heavy atom. The molecule has 6 nitrogen and oxygen atoms in total. The lowest BCUT2D eigenvalue weighted by atomic mass is 10.1. The Morgan fingerprint density at radius 2 is 2.22 bits per heavy atom. The third kappa shape index (κ3) is 2.84. The summed E-state index contributed by atoms with van der Waals surface area (Å²) < 4.78 is 5.22. The Kier molecular flexibility index (Phi) is 3.88. The molecule has 0 saturated carbocycles. The van der Waals surface area contributed by atoms with Crippen LogP contribution in [0.15, 0.2) is 18.2 Å². The van der Waals surface area contributed by atoms with E-state index in [-0.39, 0.29) is 0 Å². The van der Waals surface area contributed by atoms with E-state index in [0.29, 0.717) is 25.3 Å². The smallest absolute Gasteiger partial charge is 0.179 e. The maximum atomic E-state index is 5.43. The van der Waals surface area contributed by atoms with Crippen LogP contribution in [0.4, 0.5) is 0 Å². The Bertz CT molecular complexity index is 523. The van der Waals surface area contributed by atoms with Crippen molar-refractivity contribution in [3.05, 3.63) is 35.2 Å². The van der Waals surface area contributed by atoms with E-state index in [9.17, 15) is 0 Å². The van der Waals surface area contributed by atoms with Crippen molar-refractivity contribution in [1.29, 1.82) is 0 Å². The first-order chi connectivity index (χ1) is 8.72. The molecule has 0 aliphatic heterocycles. The molecule has 0 aliphatic carbocycles. The van der Waals surface area contributed by atoms with E-state index in [1.807, 2.05) is 19.1 Å². The van der Waals surface area contributed by atoms with Gasteiger partial charge in [0, 0.05) is 13.0 Å². The molecule has 2 aromatic rings. The number of nitrogens with two attached hydrogens (primary N) is 1. The topological polar surface area (TPSA) is 78.9 Å². The summed E-state index contributed by atoms with van der Waals surface area (Å²) in [5, 5.41) is 12.2. The minimum absolute atomic E-state index is 0.511. The van der Waals surface area contributed by atoms with Gasteiger partial charge in [0.05, 0.1) is 13.7 Å². The van der Waals surface area contributed by atoms with E-state index in [0.717, 1.165) is 16.9 Å². The molecule has 1 aromatic carbocycles. The standard InChI is InChI=1S/C12H17N5O/c1-9-7-10(3-4-11(9)18-2)8-12-14-16-17(15-12)6-5-13/h3-4,7H,5-6,8,13H2,1-2H3. The molecular weight excluding hydrogens is 230 g/mol. The van der Waals surface area contributed by atoms with Crippen LogP contribution in [0.25, 0.3) is 0 Å². The molecule has 0 atom stereocenters. The van der Waals surface area contributed by atoms with Gasteiger partial charge in [-0.1, -0.05) is 12.1 Å². The number of methoxy groups -OCH3 is 1. The van der Waals surface area contributed by atoms with Crippen LogP contribution >= 0.6 is 0 Å². The zero-order chi connectivity index (χ0) is 13.0. The van der Waals surface area contributed by atoms with Gasteiger partial charge in [-0.3, -0.25) is 0 Å². The van der Waals surface area contributed by atoms with Gasteiger partial charge in [-0.05, 0) is 29.3 Å². The number of aromatic nitrogens is 4. The van der Waals surface area contributed by atoms with Gasteiger partial charge in [-0.15, -0.1) is 10.2 Å². The van der Waals surface area contributed by atoms with Crippen molar-refractivity contribution in [3.8, 4) is 5.75 Å². The second kappa shape index (κ2) is 5.59. The van der Waals surface area contributed by atoms with Gasteiger partial charge in [0.15, 0.2) is 5.82 Å². The average Bonchev–Trinajstić information content (AvgIpc) is 2.77. The van der Waals surface area contributed by atoms with Gasteiger partial charge in [-0.25, -0.2) is 0 Å². The number of tetrazole rings is 1. The predicted octanol–water partition coefficient (Wildman–Crippen LogP) is 0.540. The maximum absolute atomic E-state index is 5.43. The molecule has 18 heavy (non-hydrogen) atoms. The van der Waals surface area contributed by atoms with Crippen molar-refractivity contribution >= 4 is 0 Å². The molecule has 2 N–H and O–H groups in total. The fraction of sp³-hybridized carbons (Fsp3) is 0.417. The van der Waals surface area contributed by atoms with Crippen molar-refractivity contribution in [3.63, 3.8) is 0 Å². The summed E-state index contributed by atoms with van der Waals surface area (Å²) in [4.78, 5) is 1.52. The minimum atomic E-state index is 0.511. The average molecular weight is 247 g/mol. The molecule has 0 fully saturated rings. The number of nitrogens with zero attached hydrogens (tertiary/aromatic N) is 4. The van der Waals surface area contributed by atoms with Gasteiger partial charge in [0.2, 0.25) is 0 Å². The van der Waals surface area contributed by atoms with Crippen LogP contribution in [0.1, 0.15) is 17.0 Å². The molecule has 0 spiro atoms. The van der Waals surface area contributed by atoms with Crippen molar-refractivity contribution in [2.75, 3.05) is 13.7 Å². The number of hydrogen-bond donors (Lipinski definition) is 1. The third-order valence-electron chi connectivity index (χ3n) is 2.64. The summed E-state index contributed by atoms with van der Waals surface area (Å²) in [5.41, 5.74) is 7.67. The Hall–Kier alpha value is -1.95. The zero-order valence-electron chi connectivity index (χ0n) is 10.6. The molecule has 1 aromatic heterocycles. The Morgan fingerprint density at radius 3 is 2.89 bits per heavy atom. The highest BCUT2D eigenvalue weighted by atomic mass is 16.5. The first kappa shape index (κ1) is 12.5. The van der Waals surface area contributed by atoms with Crippen LogP contribution < -0.4 is 10.5 Å². The first-order valence-corrected chi connectivity index (χ1v) is 5.83. The van der Waals surface area contributed by atoms with Crippen molar-refractivity contribution in [2.45, 2.75) is 19.9 Å². The van der Waals surface area contributed by atoms with E-state index in [2.05, 4.69) is 21.5 Å². The summed E-state index contributed by atoms with van der Waals surface area (Å²) in [5.74, 6) is 1.59. The lowest BCUT2D eigenvalue weighted by molar-refractivity contribution is 0.411. The summed E-state index contributed by atoms with van der Waals surface area (Å²) >= 11 is 0. The van der Waals surface area contributed by atoms with Crippen molar-refractivity contribution in [1.82, 2.24) is 20.2 Å². The van der Waals surface area contributed by atoms with E-state index in [4.69, 9.17) is 10.5 Å². The third-order valence-corrected chi connectivity index (χ3v) is 2.64. The molecule has 1 heterocycles. The lowest BCUT2D eigenvalue weighted by Crippen LogP contribution is -2.12. The molecular formula is C12H17N5O. The molecule has 0 unspecified atom stereocenters. The summed E-state index contributed by atoms with van der Waals surface area (Å²) in [6.07, 6.45) is 0.662. The first-order valence-electron chi connectivity index (χ1n) is 5.83. The molecule has 2 rings (SSSR count). The molecule has 0 radical (unpaired) electrons. The van der Waals surface area contributed by atoms with Gasteiger partial charge < -0.3 is 10.5 Å². The van der Waals surface area contributed by atoms with Crippen LogP contribution in [-0.2, 0) is 13.0 Å². The van der Waals surface area contributed by atoms with Crippen LogP contribution in [0, 0.1) is 6.92 Å². The van der Waals surface area contributed by atoms with Gasteiger partial charge in [0.25, 0.3) is 0 Å². The highest BCUT2D eigenvalue weighted by Gasteiger charge is 2.05. The summed E-state index contributed by atoms with van der Waals surface area (Å²) in [6, 6.07) is 6.03. The lowest BCUT2D eigenvalue weighted by Gasteiger charge is -2.05. The predicted molar refractivity (Wildman–Crippen MR) is 67.4 cm³/mol. The van der Waals surface area contributed by atoms with Gasteiger partial charge >= 0.3 is 0 Å². The number of aryl methyl sites for hydroxylation is 1. The zero-order valence-corrected chi connectivity index (χ0v) is 10.6. The molecule has 0 aliphatic rings. The van der Waals surface area contributed by atoms with Crippen molar-refractivity contribution in [2.24, 2.45) is 5.73 Å². The number of benzene rings is 1. The second-order valence-electron chi connectivity index (χ2n) is 4.07. The highest BCUT2D eigenvalue weighted by molar-refractivity contribution is 5.36. The quantitative estimate of drug-likeness (QED) is 0.834. The largest absolute Gasteiger partial charge is 0.496 e. The fourth-order valence-corrected chi connectivity index (χ4v) is 1.79. The van der Waals surface area contributed by atoms with Gasteiger partial charge in [0.1, 0.15) is 5.75 Å². The summed E-state index contributed by atoms with van der Waals surface area (Å²) in [7, 11) is 1.67. The normalized spacial score (nSPS) is 10.6. The molecule has 6 heteroatoms. The van der Waals surface area contributed by atoms with E-state index in [1.54, 1.807) is 7.11 Å². The van der Waals surface area contributed by atoms with Crippen LogP contribution in [-0.4, -0.2) is 33.9 Å². The molecule has 96 valence electrons. The van der Waals surface area contributed by atoms with E-state index >= 15 is 0 Å². The van der Waals surface area contributed by atoms with E-state index < -0.39 is 0 Å². The van der Waals surface area contributed by atoms with Gasteiger partial charge in [-0.2, -0.15) is 4.80 Å². The van der Waals surface area contributed by atoms with Crippen LogP contribution in [0.2, 0.25) is 0 Å². The Labute approximate surface area is 106 Å². The molecule has 0 saturated heterocycles. The number of rotatable bonds is 5. The fourth-order valence-electron chi connectivity index (χ4n) is 1.79. The summed E-state index contributed by atoms with van der Waals surface area (Å²) in [6.45, 7) is 3.12. The van der Waals surface area contributed by atoms with Crippen LogP contribution in [0.3, 0.4) is 0 Å². The SMILES string of the molecule is COc1ccc(Cc2nnn(CCN)n2)cc1C. The molecule has 0 bridgehead atoms. The van der Waals surface area contributed by atoms with Crippen molar-refractivity contribution < 1.29 is 4.74 Å². The second-order valence-corrected chi connectivity index (χ2v) is 4.07. The minimum Gasteiger partial charge on any atom is -0.496 e. The monoisotopic (exact) mass is 247 g/mol. The number of ether oxygens (including phenoxy) is 1. The maximum Gasteiger partial charge on any atom is 0.179 e. The molecule has 0 amide bonds. The Balaban J connectivity index is 2.10.